The molecule has 2 heterocycles. The van der Waals surface area contributed by atoms with Gasteiger partial charge in [0, 0.05) is 29.1 Å². The van der Waals surface area contributed by atoms with E-state index in [1.807, 2.05) is 12.1 Å². The number of hydrogen-bond donors (Lipinski definition) is 3. The number of benzene rings is 3. The van der Waals surface area contributed by atoms with Gasteiger partial charge in [-0.2, -0.15) is 0 Å². The molecule has 3 aromatic carbocycles. The van der Waals surface area contributed by atoms with Crippen LogP contribution in [0.25, 0.3) is 11.4 Å². The second-order valence-corrected chi connectivity index (χ2v) is 8.69. The fourth-order valence-corrected chi connectivity index (χ4v) is 4.66. The summed E-state index contributed by atoms with van der Waals surface area (Å²) < 4.78 is 2.70. The molecule has 5 rings (SSSR count). The van der Waals surface area contributed by atoms with E-state index in [9.17, 15) is 24.8 Å². The molecular formula is C27H23N5O5. The van der Waals surface area contributed by atoms with Gasteiger partial charge >= 0.3 is 0 Å². The van der Waals surface area contributed by atoms with Crippen molar-refractivity contribution in [1.82, 2.24) is 19.6 Å². The van der Waals surface area contributed by atoms with Crippen LogP contribution in [0.5, 0.6) is 5.75 Å². The Morgan fingerprint density at radius 2 is 1.24 bits per heavy atom. The number of aromatic amines is 2. The molecule has 0 aliphatic carbocycles. The summed E-state index contributed by atoms with van der Waals surface area (Å²) in [5.74, 6) is -1.37. The van der Waals surface area contributed by atoms with Crippen LogP contribution in [0.2, 0.25) is 0 Å². The molecule has 10 heteroatoms. The summed E-state index contributed by atoms with van der Waals surface area (Å²) in [7, 11) is 0. The molecule has 0 spiro atoms. The smallest absolute Gasteiger partial charge is 0.275 e. The molecule has 0 saturated carbocycles. The van der Waals surface area contributed by atoms with E-state index in [2.05, 4.69) is 10.2 Å². The molecule has 0 radical (unpaired) electrons. The number of aromatic hydroxyl groups is 1. The Morgan fingerprint density at radius 1 is 0.784 bits per heavy atom. The lowest BCUT2D eigenvalue weighted by Crippen LogP contribution is -2.25. The van der Waals surface area contributed by atoms with Gasteiger partial charge in [-0.1, -0.05) is 36.4 Å². The number of hydrogen-bond acceptors (Lipinski definition) is 5. The Labute approximate surface area is 210 Å². The van der Waals surface area contributed by atoms with Crippen molar-refractivity contribution in [2.24, 2.45) is 0 Å². The van der Waals surface area contributed by atoms with Crippen LogP contribution >= 0.6 is 0 Å². The van der Waals surface area contributed by atoms with Gasteiger partial charge in [0.05, 0.1) is 33.3 Å². The van der Waals surface area contributed by atoms with Crippen molar-refractivity contribution < 1.29 is 10.0 Å². The summed E-state index contributed by atoms with van der Waals surface area (Å²) >= 11 is 0. The van der Waals surface area contributed by atoms with E-state index in [1.165, 1.54) is 27.6 Å². The molecule has 0 bridgehead atoms. The van der Waals surface area contributed by atoms with Crippen molar-refractivity contribution in [2.75, 3.05) is 0 Å². The van der Waals surface area contributed by atoms with Crippen LogP contribution in [0.15, 0.2) is 88.5 Å². The summed E-state index contributed by atoms with van der Waals surface area (Å²) in [5.41, 5.74) is 1.38. The van der Waals surface area contributed by atoms with Gasteiger partial charge in [0.1, 0.15) is 5.75 Å². The number of nitro benzene ring substituents is 1. The SMILES string of the molecule is Cc1[nH]n(-c2ccccc2)c(=O)c1C(c1cc([N+](=O)[O-])ccc1O)c1c(C)[nH]n(-c2ccccc2)c1=O. The topological polar surface area (TPSA) is 139 Å². The van der Waals surface area contributed by atoms with Crippen LogP contribution in [-0.2, 0) is 0 Å². The molecule has 0 fully saturated rings. The van der Waals surface area contributed by atoms with Gasteiger partial charge in [-0.05, 0) is 44.2 Å². The number of para-hydroxylation sites is 2. The van der Waals surface area contributed by atoms with E-state index in [0.717, 1.165) is 0 Å². The predicted octanol–water partition coefficient (Wildman–Crippen LogP) is 4.06. The first-order valence-corrected chi connectivity index (χ1v) is 11.5. The van der Waals surface area contributed by atoms with Crippen LogP contribution in [0.1, 0.15) is 34.0 Å². The summed E-state index contributed by atoms with van der Waals surface area (Å²) in [6.45, 7) is 3.38. The highest BCUT2D eigenvalue weighted by atomic mass is 16.6. The van der Waals surface area contributed by atoms with E-state index in [4.69, 9.17) is 0 Å². The lowest BCUT2D eigenvalue weighted by atomic mass is 9.84. The van der Waals surface area contributed by atoms with Gasteiger partial charge in [0.2, 0.25) is 0 Å². The maximum absolute atomic E-state index is 13.8. The van der Waals surface area contributed by atoms with Crippen LogP contribution in [0.3, 0.4) is 0 Å². The zero-order valence-corrected chi connectivity index (χ0v) is 20.0. The predicted molar refractivity (Wildman–Crippen MR) is 138 cm³/mol. The standard InChI is InChI=1S/C27H23N5O5/c1-16-23(26(34)30(28-16)18-9-5-3-6-10-18)25(21-15-20(32(36)37)13-14-22(21)33)24-17(2)29-31(27(24)35)19-11-7-4-8-12-19/h3-15,25,28-29,33H,1-2H3. The van der Waals surface area contributed by atoms with Crippen LogP contribution < -0.4 is 11.1 Å². The van der Waals surface area contributed by atoms with E-state index in [1.54, 1.807) is 62.4 Å². The van der Waals surface area contributed by atoms with E-state index >= 15 is 0 Å². The Balaban J connectivity index is 1.83. The van der Waals surface area contributed by atoms with Gasteiger partial charge in [0.25, 0.3) is 16.8 Å². The average molecular weight is 498 g/mol. The van der Waals surface area contributed by atoms with Crippen LogP contribution in [-0.4, -0.2) is 29.6 Å². The monoisotopic (exact) mass is 497 g/mol. The molecule has 0 saturated heterocycles. The first-order chi connectivity index (χ1) is 17.8. The van der Waals surface area contributed by atoms with Gasteiger partial charge in [-0.15, -0.1) is 0 Å². The first-order valence-electron chi connectivity index (χ1n) is 11.5. The third-order valence-electron chi connectivity index (χ3n) is 6.37. The Morgan fingerprint density at radius 3 is 1.68 bits per heavy atom. The average Bonchev–Trinajstić information content (AvgIpc) is 3.36. The number of nitrogens with one attached hydrogen (secondary N) is 2. The van der Waals surface area contributed by atoms with E-state index in [-0.39, 0.29) is 28.1 Å². The quantitative estimate of drug-likeness (QED) is 0.240. The maximum Gasteiger partial charge on any atom is 0.275 e. The molecule has 37 heavy (non-hydrogen) atoms. The van der Waals surface area contributed by atoms with Crippen molar-refractivity contribution in [3.63, 3.8) is 0 Å². The van der Waals surface area contributed by atoms with Crippen molar-refractivity contribution in [1.29, 1.82) is 0 Å². The minimum atomic E-state index is -1.10. The number of H-pyrrole nitrogens is 2. The Kier molecular flexibility index (Phi) is 5.84. The highest BCUT2D eigenvalue weighted by molar-refractivity contribution is 5.54. The van der Waals surface area contributed by atoms with Gasteiger partial charge < -0.3 is 5.11 Å². The molecule has 3 N–H and O–H groups in total. The molecule has 0 amide bonds. The van der Waals surface area contributed by atoms with Crippen molar-refractivity contribution >= 4 is 5.69 Å². The second-order valence-electron chi connectivity index (χ2n) is 8.69. The lowest BCUT2D eigenvalue weighted by Gasteiger charge is -2.17. The number of rotatable bonds is 6. The third kappa shape index (κ3) is 4.04. The minimum absolute atomic E-state index is 0.0769. The summed E-state index contributed by atoms with van der Waals surface area (Å²) in [6, 6.07) is 21.4. The molecular weight excluding hydrogens is 474 g/mol. The Bertz CT molecular complexity index is 1630. The number of aryl methyl sites for hydroxylation is 2. The van der Waals surface area contributed by atoms with Gasteiger partial charge in [0.15, 0.2) is 0 Å². The molecule has 0 unspecified atom stereocenters. The zero-order valence-electron chi connectivity index (χ0n) is 20.0. The number of non-ortho nitro benzene ring substituents is 1. The molecule has 0 aliphatic heterocycles. The van der Waals surface area contributed by atoms with E-state index < -0.39 is 22.0 Å². The van der Waals surface area contributed by atoms with Crippen molar-refractivity contribution in [3.8, 4) is 17.1 Å². The summed E-state index contributed by atoms with van der Waals surface area (Å²) in [6.07, 6.45) is 0. The highest BCUT2D eigenvalue weighted by Gasteiger charge is 2.33. The molecule has 2 aromatic heterocycles. The van der Waals surface area contributed by atoms with Crippen molar-refractivity contribution in [3.05, 3.63) is 138 Å². The Hall–Kier alpha value is -5.12. The number of phenolic OH excluding ortho intramolecular Hbond substituents is 1. The zero-order chi connectivity index (χ0) is 26.3. The first kappa shape index (κ1) is 23.6. The number of phenols is 1. The molecule has 186 valence electrons. The fourth-order valence-electron chi connectivity index (χ4n) is 4.66. The fraction of sp³-hybridized carbons (Fsp3) is 0.111. The van der Waals surface area contributed by atoms with Gasteiger partial charge in [-0.3, -0.25) is 29.9 Å². The van der Waals surface area contributed by atoms with Gasteiger partial charge in [-0.25, -0.2) is 9.36 Å². The summed E-state index contributed by atoms with van der Waals surface area (Å²) in [4.78, 5) is 38.6. The maximum atomic E-state index is 13.8. The third-order valence-corrected chi connectivity index (χ3v) is 6.37. The lowest BCUT2D eigenvalue weighted by molar-refractivity contribution is -0.384. The molecule has 10 nitrogen and oxygen atoms in total. The minimum Gasteiger partial charge on any atom is -0.508 e. The molecule has 5 aromatic rings. The number of nitrogens with zero attached hydrogens (tertiary/aromatic N) is 3. The van der Waals surface area contributed by atoms with E-state index in [0.29, 0.717) is 22.8 Å². The normalized spacial score (nSPS) is 11.2. The molecule has 0 aliphatic rings. The highest BCUT2D eigenvalue weighted by Crippen LogP contribution is 2.38. The molecule has 0 atom stereocenters. The van der Waals surface area contributed by atoms with Crippen molar-refractivity contribution in [2.45, 2.75) is 19.8 Å². The number of aromatic nitrogens is 4. The van der Waals surface area contributed by atoms with Crippen LogP contribution in [0.4, 0.5) is 5.69 Å². The summed E-state index contributed by atoms with van der Waals surface area (Å²) in [5, 5.41) is 28.6. The second kappa shape index (κ2) is 9.15. The number of nitro groups is 1. The van der Waals surface area contributed by atoms with Crippen LogP contribution in [0, 0.1) is 24.0 Å². The largest absolute Gasteiger partial charge is 0.508 e.